The molecule has 2 aromatic carbocycles. The number of aliphatic hydroxyl groups is 1. The molecule has 0 saturated carbocycles. The van der Waals surface area contributed by atoms with Crippen molar-refractivity contribution in [3.63, 3.8) is 0 Å². The average Bonchev–Trinajstić information content (AvgIpc) is 2.66. The number of nitrogens with zero attached hydrogens (tertiary/aromatic N) is 2. The minimum Gasteiger partial charge on any atom is -0.393 e. The van der Waals surface area contributed by atoms with Crippen molar-refractivity contribution in [2.75, 3.05) is 29.6 Å². The summed E-state index contributed by atoms with van der Waals surface area (Å²) in [6, 6.07) is 8.60. The van der Waals surface area contributed by atoms with Crippen LogP contribution in [0.4, 0.5) is 21.5 Å². The van der Waals surface area contributed by atoms with Gasteiger partial charge in [0.25, 0.3) is 5.69 Å². The number of sulfone groups is 1. The van der Waals surface area contributed by atoms with Crippen molar-refractivity contribution in [3.05, 3.63) is 57.9 Å². The zero-order valence-electron chi connectivity index (χ0n) is 15.8. The van der Waals surface area contributed by atoms with Gasteiger partial charge in [-0.05, 0) is 42.7 Å². The summed E-state index contributed by atoms with van der Waals surface area (Å²) in [5.74, 6) is -0.374. The molecule has 0 aliphatic carbocycles. The number of benzene rings is 2. The third-order valence-electron chi connectivity index (χ3n) is 4.87. The van der Waals surface area contributed by atoms with E-state index in [4.69, 9.17) is 0 Å². The van der Waals surface area contributed by atoms with Crippen molar-refractivity contribution in [2.24, 2.45) is 0 Å². The Bertz CT molecular complexity index is 1020. The molecule has 1 saturated heterocycles. The largest absolute Gasteiger partial charge is 0.393 e. The normalized spacial score (nSPS) is 15.3. The Labute approximate surface area is 168 Å². The smallest absolute Gasteiger partial charge is 0.288 e. The zero-order valence-corrected chi connectivity index (χ0v) is 16.7. The van der Waals surface area contributed by atoms with Crippen LogP contribution >= 0.6 is 0 Å². The van der Waals surface area contributed by atoms with Crippen LogP contribution < -0.4 is 10.2 Å². The van der Waals surface area contributed by atoms with Gasteiger partial charge in [0.1, 0.15) is 10.7 Å². The summed E-state index contributed by atoms with van der Waals surface area (Å²) in [6.45, 7) is 1.40. The Kier molecular flexibility index (Phi) is 6.04. The Morgan fingerprint density at radius 1 is 1.24 bits per heavy atom. The number of piperidine rings is 1. The molecule has 29 heavy (non-hydrogen) atoms. The number of nitro benzene ring substituents is 1. The fourth-order valence-corrected chi connectivity index (χ4v) is 4.16. The van der Waals surface area contributed by atoms with Crippen molar-refractivity contribution in [1.82, 2.24) is 0 Å². The molecule has 0 radical (unpaired) electrons. The summed E-state index contributed by atoms with van der Waals surface area (Å²) >= 11 is 0. The molecule has 0 amide bonds. The molecule has 3 rings (SSSR count). The summed E-state index contributed by atoms with van der Waals surface area (Å²) in [5.41, 5.74) is 1.02. The van der Waals surface area contributed by atoms with Crippen LogP contribution in [-0.4, -0.2) is 43.9 Å². The molecule has 1 aliphatic rings. The number of hydrogen-bond donors (Lipinski definition) is 2. The summed E-state index contributed by atoms with van der Waals surface area (Å²) in [4.78, 5) is 11.8. The maximum atomic E-state index is 14.5. The van der Waals surface area contributed by atoms with Crippen LogP contribution in [-0.2, 0) is 16.4 Å². The van der Waals surface area contributed by atoms with E-state index in [0.717, 1.165) is 12.3 Å². The van der Waals surface area contributed by atoms with Gasteiger partial charge in [0.05, 0.1) is 16.7 Å². The molecular weight excluding hydrogens is 401 g/mol. The molecular formula is C19H22FN3O5S. The SMILES string of the molecule is CS(=O)(=O)c1cc(NCc2ccc(N3CCC(O)CC3)c(F)c2)ccc1[N+](=O)[O-]. The Hall–Kier alpha value is -2.72. The Morgan fingerprint density at radius 2 is 1.93 bits per heavy atom. The van der Waals surface area contributed by atoms with Gasteiger partial charge in [-0.25, -0.2) is 12.8 Å². The molecule has 8 nitrogen and oxygen atoms in total. The third kappa shape index (κ3) is 5.01. The number of aliphatic hydroxyl groups excluding tert-OH is 1. The lowest BCUT2D eigenvalue weighted by molar-refractivity contribution is -0.387. The summed E-state index contributed by atoms with van der Waals surface area (Å²) in [5, 5.41) is 23.6. The lowest BCUT2D eigenvalue weighted by Gasteiger charge is -2.31. The van der Waals surface area contributed by atoms with Gasteiger partial charge in [0.2, 0.25) is 0 Å². The van der Waals surface area contributed by atoms with Crippen LogP contribution in [0.2, 0.25) is 0 Å². The molecule has 1 heterocycles. The maximum Gasteiger partial charge on any atom is 0.288 e. The van der Waals surface area contributed by atoms with Gasteiger partial charge in [-0.1, -0.05) is 6.07 Å². The Balaban J connectivity index is 1.73. The van der Waals surface area contributed by atoms with Crippen molar-refractivity contribution in [1.29, 1.82) is 0 Å². The molecule has 1 fully saturated rings. The monoisotopic (exact) mass is 423 g/mol. The van der Waals surface area contributed by atoms with Crippen molar-refractivity contribution in [3.8, 4) is 0 Å². The molecule has 0 bridgehead atoms. The van der Waals surface area contributed by atoms with E-state index in [0.29, 0.717) is 42.9 Å². The third-order valence-corrected chi connectivity index (χ3v) is 6.00. The maximum absolute atomic E-state index is 14.5. The second-order valence-corrected chi connectivity index (χ2v) is 9.05. The number of rotatable bonds is 6. The fraction of sp³-hybridized carbons (Fsp3) is 0.368. The van der Waals surface area contributed by atoms with Gasteiger partial charge in [0, 0.05) is 37.6 Å². The van der Waals surface area contributed by atoms with E-state index in [-0.39, 0.29) is 23.4 Å². The van der Waals surface area contributed by atoms with E-state index < -0.39 is 20.4 Å². The molecule has 156 valence electrons. The van der Waals surface area contributed by atoms with Crippen LogP contribution in [0.3, 0.4) is 0 Å². The van der Waals surface area contributed by atoms with Gasteiger partial charge in [-0.3, -0.25) is 10.1 Å². The molecule has 2 aromatic rings. The highest BCUT2D eigenvalue weighted by Crippen LogP contribution is 2.28. The molecule has 2 N–H and O–H groups in total. The van der Waals surface area contributed by atoms with Crippen LogP contribution in [0.25, 0.3) is 0 Å². The number of nitro groups is 1. The first kappa shape index (κ1) is 21.0. The van der Waals surface area contributed by atoms with Gasteiger partial charge >= 0.3 is 0 Å². The number of hydrogen-bond acceptors (Lipinski definition) is 7. The van der Waals surface area contributed by atoms with E-state index in [1.165, 1.54) is 18.2 Å². The van der Waals surface area contributed by atoms with Gasteiger partial charge in [-0.2, -0.15) is 0 Å². The number of anilines is 2. The molecule has 10 heteroatoms. The van der Waals surface area contributed by atoms with Crippen molar-refractivity contribution in [2.45, 2.75) is 30.4 Å². The van der Waals surface area contributed by atoms with Gasteiger partial charge < -0.3 is 15.3 Å². The van der Waals surface area contributed by atoms with Crippen LogP contribution in [0.15, 0.2) is 41.3 Å². The second kappa shape index (κ2) is 8.34. The topological polar surface area (TPSA) is 113 Å². The molecule has 0 atom stereocenters. The highest BCUT2D eigenvalue weighted by Gasteiger charge is 2.23. The van der Waals surface area contributed by atoms with Crippen LogP contribution in [0.1, 0.15) is 18.4 Å². The van der Waals surface area contributed by atoms with Gasteiger partial charge in [0.15, 0.2) is 9.84 Å². The van der Waals surface area contributed by atoms with E-state index in [1.54, 1.807) is 12.1 Å². The lowest BCUT2D eigenvalue weighted by Crippen LogP contribution is -2.36. The minimum absolute atomic E-state index is 0.219. The van der Waals surface area contributed by atoms with Crippen LogP contribution in [0.5, 0.6) is 0 Å². The highest BCUT2D eigenvalue weighted by molar-refractivity contribution is 7.90. The first-order chi connectivity index (χ1) is 13.6. The second-order valence-electron chi connectivity index (χ2n) is 7.07. The van der Waals surface area contributed by atoms with Crippen LogP contribution in [0, 0.1) is 15.9 Å². The highest BCUT2D eigenvalue weighted by atomic mass is 32.2. The quantitative estimate of drug-likeness (QED) is 0.542. The molecule has 1 aliphatic heterocycles. The van der Waals surface area contributed by atoms with Crippen molar-refractivity contribution < 1.29 is 22.8 Å². The number of halogens is 1. The predicted octanol–water partition coefficient (Wildman–Crippen LogP) is 2.71. The lowest BCUT2D eigenvalue weighted by atomic mass is 10.1. The van der Waals surface area contributed by atoms with E-state index >= 15 is 0 Å². The van der Waals surface area contributed by atoms with Crippen molar-refractivity contribution >= 4 is 26.9 Å². The minimum atomic E-state index is -3.78. The first-order valence-corrected chi connectivity index (χ1v) is 11.0. The summed E-state index contributed by atoms with van der Waals surface area (Å²) in [6.07, 6.45) is 1.78. The van der Waals surface area contributed by atoms with E-state index in [9.17, 15) is 28.0 Å². The van der Waals surface area contributed by atoms with E-state index in [1.807, 2.05) is 4.90 Å². The molecule has 0 unspecified atom stereocenters. The molecule has 0 aromatic heterocycles. The number of nitrogens with one attached hydrogen (secondary N) is 1. The zero-order chi connectivity index (χ0) is 21.2. The molecule has 0 spiro atoms. The summed E-state index contributed by atoms with van der Waals surface area (Å²) in [7, 11) is -3.78. The fourth-order valence-electron chi connectivity index (χ4n) is 3.30. The summed E-state index contributed by atoms with van der Waals surface area (Å²) < 4.78 is 38.2. The first-order valence-electron chi connectivity index (χ1n) is 9.09. The van der Waals surface area contributed by atoms with Gasteiger partial charge in [-0.15, -0.1) is 0 Å². The van der Waals surface area contributed by atoms with E-state index in [2.05, 4.69) is 5.32 Å². The Morgan fingerprint density at radius 3 is 2.52 bits per heavy atom. The predicted molar refractivity (Wildman–Crippen MR) is 107 cm³/mol. The standard InChI is InChI=1S/C19H22FN3O5S/c1-29(27,28)19-11-14(3-5-18(19)23(25)26)21-12-13-2-4-17(16(20)10-13)22-8-6-15(24)7-9-22/h2-5,10-11,15,21,24H,6-9,12H2,1H3. The average molecular weight is 423 g/mol.